The highest BCUT2D eigenvalue weighted by Gasteiger charge is 2.35. The van der Waals surface area contributed by atoms with Crippen LogP contribution in [0.3, 0.4) is 0 Å². The number of nitrogens with two attached hydrogens (primary N) is 1. The highest BCUT2D eigenvalue weighted by atomic mass is 19.4. The molecule has 6 heteroatoms. The minimum atomic E-state index is -4.68. The van der Waals surface area contributed by atoms with E-state index in [0.717, 1.165) is 30.2 Å². The molecule has 2 rings (SSSR count). The van der Waals surface area contributed by atoms with Gasteiger partial charge in [-0.3, -0.25) is 0 Å². The maximum atomic E-state index is 13.1. The number of allylic oxidation sites excluding steroid dienone is 9. The Morgan fingerprint density at radius 2 is 1.85 bits per heavy atom. The number of anilines is 1. The van der Waals surface area contributed by atoms with Gasteiger partial charge in [0.1, 0.15) is 11.3 Å². The average molecular weight is 460 g/mol. The van der Waals surface area contributed by atoms with Crippen molar-refractivity contribution in [3.8, 4) is 5.75 Å². The van der Waals surface area contributed by atoms with Crippen LogP contribution in [0.5, 0.6) is 5.75 Å². The topological polar surface area (TPSA) is 52.3 Å². The summed E-state index contributed by atoms with van der Waals surface area (Å²) in [7, 11) is 0. The van der Waals surface area contributed by atoms with Crippen LogP contribution in [0.25, 0.3) is 0 Å². The molecule has 1 aromatic carbocycles. The predicted molar refractivity (Wildman–Crippen MR) is 128 cm³/mol. The Morgan fingerprint density at radius 1 is 1.15 bits per heavy atom. The van der Waals surface area contributed by atoms with E-state index in [2.05, 4.69) is 32.9 Å². The minimum Gasteiger partial charge on any atom is -0.423 e. The molecule has 33 heavy (non-hydrogen) atoms. The van der Waals surface area contributed by atoms with E-state index in [4.69, 9.17) is 10.5 Å². The monoisotopic (exact) mass is 459 g/mol. The van der Waals surface area contributed by atoms with E-state index >= 15 is 0 Å². The third kappa shape index (κ3) is 7.81. The van der Waals surface area contributed by atoms with Gasteiger partial charge in [-0.1, -0.05) is 55.4 Å². The number of esters is 1. The minimum absolute atomic E-state index is 0.0634. The van der Waals surface area contributed by atoms with Gasteiger partial charge in [0.25, 0.3) is 0 Å². The molecule has 0 heterocycles. The molecule has 3 nitrogen and oxygen atoms in total. The molecule has 0 aromatic heterocycles. The number of hydrogen-bond acceptors (Lipinski definition) is 3. The molecule has 1 aliphatic carbocycles. The summed E-state index contributed by atoms with van der Waals surface area (Å²) >= 11 is 0. The SMILES string of the molecule is CC1=C(/C=C/C(C)=C/C=C/C(C)=C/C(=O)Oc2ccc(N)cc2C(F)(F)F)C(C)(C)CCC1. The first kappa shape index (κ1) is 26.2. The van der Waals surface area contributed by atoms with E-state index in [0.29, 0.717) is 5.57 Å². The van der Waals surface area contributed by atoms with Crippen LogP contribution in [0.2, 0.25) is 0 Å². The van der Waals surface area contributed by atoms with Crippen LogP contribution in [0.4, 0.5) is 18.9 Å². The van der Waals surface area contributed by atoms with Crippen LogP contribution < -0.4 is 10.5 Å². The summed E-state index contributed by atoms with van der Waals surface area (Å²) in [6, 6.07) is 3.03. The number of ether oxygens (including phenoxy) is 1. The van der Waals surface area contributed by atoms with E-state index in [-0.39, 0.29) is 11.1 Å². The molecule has 0 radical (unpaired) electrons. The lowest BCUT2D eigenvalue weighted by Crippen LogP contribution is -2.19. The zero-order valence-corrected chi connectivity index (χ0v) is 19.8. The van der Waals surface area contributed by atoms with Crippen molar-refractivity contribution >= 4 is 11.7 Å². The molecular formula is C27H32F3NO2. The lowest BCUT2D eigenvalue weighted by atomic mass is 9.72. The van der Waals surface area contributed by atoms with Crippen molar-refractivity contribution in [2.75, 3.05) is 5.73 Å². The molecule has 1 aromatic rings. The molecule has 2 N–H and O–H groups in total. The maximum absolute atomic E-state index is 13.1. The number of carbonyl (C=O) groups is 1. The van der Waals surface area contributed by atoms with Gasteiger partial charge in [0.05, 0.1) is 0 Å². The molecule has 0 saturated carbocycles. The van der Waals surface area contributed by atoms with Gasteiger partial charge in [-0.2, -0.15) is 13.2 Å². The number of halogens is 3. The van der Waals surface area contributed by atoms with Gasteiger partial charge >= 0.3 is 12.1 Å². The molecule has 0 fully saturated rings. The van der Waals surface area contributed by atoms with Crippen LogP contribution in [0, 0.1) is 5.41 Å². The van der Waals surface area contributed by atoms with Gasteiger partial charge in [-0.05, 0) is 74.8 Å². The molecule has 0 amide bonds. The number of carbonyl (C=O) groups excluding carboxylic acids is 1. The number of hydrogen-bond donors (Lipinski definition) is 1. The number of benzene rings is 1. The van der Waals surface area contributed by atoms with Crippen molar-refractivity contribution in [2.24, 2.45) is 5.41 Å². The highest BCUT2D eigenvalue weighted by molar-refractivity contribution is 5.85. The molecule has 1 aliphatic rings. The lowest BCUT2D eigenvalue weighted by molar-refractivity contribution is -0.140. The summed E-state index contributed by atoms with van der Waals surface area (Å²) in [5.41, 5.74) is 8.84. The molecule has 0 saturated heterocycles. The fourth-order valence-corrected chi connectivity index (χ4v) is 3.86. The average Bonchev–Trinajstić information content (AvgIpc) is 2.67. The summed E-state index contributed by atoms with van der Waals surface area (Å²) < 4.78 is 44.3. The lowest BCUT2D eigenvalue weighted by Gasteiger charge is -2.32. The Balaban J connectivity index is 2.05. The summed E-state index contributed by atoms with van der Waals surface area (Å²) in [4.78, 5) is 12.1. The highest BCUT2D eigenvalue weighted by Crippen LogP contribution is 2.41. The van der Waals surface area contributed by atoms with Crippen molar-refractivity contribution < 1.29 is 22.7 Å². The number of nitrogen functional groups attached to an aromatic ring is 1. The third-order valence-corrected chi connectivity index (χ3v) is 5.64. The van der Waals surface area contributed by atoms with Crippen LogP contribution in [-0.4, -0.2) is 5.97 Å². The van der Waals surface area contributed by atoms with Crippen LogP contribution in [0.1, 0.15) is 59.4 Å². The van der Waals surface area contributed by atoms with E-state index in [1.165, 1.54) is 30.1 Å². The zero-order valence-electron chi connectivity index (χ0n) is 19.8. The van der Waals surface area contributed by atoms with Crippen LogP contribution in [0.15, 0.2) is 76.9 Å². The predicted octanol–water partition coefficient (Wildman–Crippen LogP) is 7.72. The van der Waals surface area contributed by atoms with E-state index in [1.807, 2.05) is 13.0 Å². The van der Waals surface area contributed by atoms with Gasteiger partial charge in [0.15, 0.2) is 0 Å². The zero-order chi connectivity index (χ0) is 24.8. The summed E-state index contributed by atoms with van der Waals surface area (Å²) in [5, 5.41) is 0. The van der Waals surface area contributed by atoms with Gasteiger partial charge < -0.3 is 10.5 Å². The Morgan fingerprint density at radius 3 is 2.48 bits per heavy atom. The largest absolute Gasteiger partial charge is 0.423 e. The van der Waals surface area contributed by atoms with Crippen LogP contribution in [-0.2, 0) is 11.0 Å². The van der Waals surface area contributed by atoms with Gasteiger partial charge in [0, 0.05) is 11.8 Å². The first-order valence-electron chi connectivity index (χ1n) is 10.9. The molecule has 0 unspecified atom stereocenters. The Kier molecular flexibility index (Phi) is 8.53. The quantitative estimate of drug-likeness (QED) is 0.156. The van der Waals surface area contributed by atoms with E-state index in [1.54, 1.807) is 19.1 Å². The Bertz CT molecular complexity index is 1040. The first-order chi connectivity index (χ1) is 15.3. The maximum Gasteiger partial charge on any atom is 0.420 e. The molecule has 178 valence electrons. The molecular weight excluding hydrogens is 427 g/mol. The normalized spacial score (nSPS) is 17.8. The van der Waals surface area contributed by atoms with Crippen molar-refractivity contribution in [3.05, 3.63) is 82.5 Å². The van der Waals surface area contributed by atoms with Gasteiger partial charge in [0.2, 0.25) is 0 Å². The second kappa shape index (κ2) is 10.7. The molecule has 0 bridgehead atoms. The molecule has 0 atom stereocenters. The summed E-state index contributed by atoms with van der Waals surface area (Å²) in [5.74, 6) is -1.47. The summed E-state index contributed by atoms with van der Waals surface area (Å²) in [6.07, 6.45) is 9.64. The second-order valence-corrected chi connectivity index (χ2v) is 9.10. The van der Waals surface area contributed by atoms with Gasteiger partial charge in [-0.25, -0.2) is 4.79 Å². The van der Waals surface area contributed by atoms with Crippen molar-refractivity contribution in [3.63, 3.8) is 0 Å². The van der Waals surface area contributed by atoms with Gasteiger partial charge in [-0.15, -0.1) is 0 Å². The van der Waals surface area contributed by atoms with E-state index in [9.17, 15) is 18.0 Å². The Hall–Kier alpha value is -3.02. The van der Waals surface area contributed by atoms with Crippen molar-refractivity contribution in [2.45, 2.75) is 60.1 Å². The standard InChI is InChI=1S/C27H32F3NO2/c1-18(11-13-22-20(3)10-7-15-26(22,4)5)8-6-9-19(2)16-25(32)33-24-14-12-21(31)17-23(24)27(28,29)30/h6,8-9,11-14,16-17H,7,10,15,31H2,1-5H3/b9-6+,13-11+,18-8+,19-16+. The third-order valence-electron chi connectivity index (χ3n) is 5.64. The van der Waals surface area contributed by atoms with E-state index < -0.39 is 23.5 Å². The first-order valence-corrected chi connectivity index (χ1v) is 10.9. The molecule has 0 aliphatic heterocycles. The number of alkyl halides is 3. The van der Waals surface area contributed by atoms with Crippen molar-refractivity contribution in [1.29, 1.82) is 0 Å². The second-order valence-electron chi connectivity index (χ2n) is 9.10. The smallest absolute Gasteiger partial charge is 0.420 e. The fourth-order valence-electron chi connectivity index (χ4n) is 3.86. The summed E-state index contributed by atoms with van der Waals surface area (Å²) in [6.45, 7) is 10.4. The molecule has 0 spiro atoms. The number of rotatable bonds is 6. The van der Waals surface area contributed by atoms with Crippen LogP contribution >= 0.6 is 0 Å². The Labute approximate surface area is 194 Å². The fraction of sp³-hybridized carbons (Fsp3) is 0.370. The van der Waals surface area contributed by atoms with Crippen molar-refractivity contribution in [1.82, 2.24) is 0 Å².